The Kier molecular flexibility index (Phi) is 8.49. The molecule has 0 atom stereocenters. The van der Waals surface area contributed by atoms with Crippen LogP contribution in [0.1, 0.15) is 37.0 Å². The zero-order chi connectivity index (χ0) is 25.8. The van der Waals surface area contributed by atoms with Crippen LogP contribution in [0.25, 0.3) is 11.0 Å². The molecule has 9 heteroatoms. The van der Waals surface area contributed by atoms with Crippen molar-refractivity contribution in [3.05, 3.63) is 73.5 Å². The molecule has 2 N–H and O–H groups in total. The second-order valence-electron chi connectivity index (χ2n) is 9.82. The number of carbonyl (C=O) groups is 1. The molecule has 1 aromatic heterocycles. The van der Waals surface area contributed by atoms with Crippen molar-refractivity contribution in [3.8, 4) is 5.75 Å². The van der Waals surface area contributed by atoms with E-state index in [1.807, 2.05) is 0 Å². The SMILES string of the molecule is O=C(Cc1cc(=O)c2c(Cl)cccc2o1)NC1CCN(Cc2ccc(OC3CCNCC3)c(Br)c2)CC1. The lowest BCUT2D eigenvalue weighted by Gasteiger charge is -2.32. The maximum atomic E-state index is 12.6. The van der Waals surface area contributed by atoms with E-state index in [9.17, 15) is 9.59 Å². The maximum absolute atomic E-state index is 12.6. The highest BCUT2D eigenvalue weighted by atomic mass is 79.9. The Morgan fingerprint density at radius 1 is 1.14 bits per heavy atom. The maximum Gasteiger partial charge on any atom is 0.227 e. The molecular weight excluding hydrogens is 558 g/mol. The first kappa shape index (κ1) is 26.2. The lowest BCUT2D eigenvalue weighted by molar-refractivity contribution is -0.121. The molecule has 0 unspecified atom stereocenters. The fraction of sp³-hybridized carbons (Fsp3) is 0.429. The fourth-order valence-corrected chi connectivity index (χ4v) is 5.85. The van der Waals surface area contributed by atoms with E-state index in [0.29, 0.717) is 21.8 Å². The van der Waals surface area contributed by atoms with Gasteiger partial charge in [0, 0.05) is 31.7 Å². The van der Waals surface area contributed by atoms with Gasteiger partial charge in [-0.2, -0.15) is 0 Å². The lowest BCUT2D eigenvalue weighted by Crippen LogP contribution is -2.44. The second kappa shape index (κ2) is 12.0. The number of hydrogen-bond acceptors (Lipinski definition) is 6. The summed E-state index contributed by atoms with van der Waals surface area (Å²) in [5.74, 6) is 1.10. The van der Waals surface area contributed by atoms with Crippen molar-refractivity contribution in [1.82, 2.24) is 15.5 Å². The molecule has 3 heterocycles. The number of nitrogens with one attached hydrogen (secondary N) is 2. The standard InChI is InChI=1S/C28H31BrClN3O4/c29-22-14-18(4-5-25(22)36-20-6-10-31-11-7-20)17-33-12-8-19(9-13-33)32-27(35)16-21-15-24(34)28-23(30)2-1-3-26(28)37-21/h1-5,14-15,19-20,31H,6-13,16-17H2,(H,32,35). The Morgan fingerprint density at radius 3 is 2.68 bits per heavy atom. The number of rotatable bonds is 7. The van der Waals surface area contributed by atoms with Crippen molar-refractivity contribution in [3.63, 3.8) is 0 Å². The molecule has 2 aliphatic rings. The van der Waals surface area contributed by atoms with Gasteiger partial charge in [-0.3, -0.25) is 14.5 Å². The largest absolute Gasteiger partial charge is 0.489 e. The lowest BCUT2D eigenvalue weighted by atomic mass is 10.0. The highest BCUT2D eigenvalue weighted by Crippen LogP contribution is 2.29. The molecule has 37 heavy (non-hydrogen) atoms. The molecule has 7 nitrogen and oxygen atoms in total. The number of nitrogens with zero attached hydrogens (tertiary/aromatic N) is 1. The van der Waals surface area contributed by atoms with Crippen LogP contribution < -0.4 is 20.8 Å². The first-order valence-corrected chi connectivity index (χ1v) is 14.0. The van der Waals surface area contributed by atoms with E-state index >= 15 is 0 Å². The predicted molar refractivity (Wildman–Crippen MR) is 148 cm³/mol. The minimum atomic E-state index is -0.236. The van der Waals surface area contributed by atoms with Gasteiger partial charge in [-0.1, -0.05) is 23.7 Å². The van der Waals surface area contributed by atoms with Crippen molar-refractivity contribution in [2.24, 2.45) is 0 Å². The van der Waals surface area contributed by atoms with Gasteiger partial charge in [0.15, 0.2) is 5.43 Å². The minimum Gasteiger partial charge on any atom is -0.489 e. The van der Waals surface area contributed by atoms with E-state index in [1.54, 1.807) is 18.2 Å². The molecule has 0 aliphatic carbocycles. The van der Waals surface area contributed by atoms with Crippen LogP contribution in [0, 0.1) is 0 Å². The van der Waals surface area contributed by atoms with E-state index in [2.05, 4.69) is 49.7 Å². The van der Waals surface area contributed by atoms with Gasteiger partial charge in [0.25, 0.3) is 0 Å². The second-order valence-corrected chi connectivity index (χ2v) is 11.1. The van der Waals surface area contributed by atoms with Gasteiger partial charge in [0.05, 0.1) is 21.3 Å². The van der Waals surface area contributed by atoms with E-state index in [4.69, 9.17) is 20.8 Å². The Hall–Kier alpha value is -2.39. The third kappa shape index (κ3) is 6.74. The van der Waals surface area contributed by atoms with E-state index in [1.165, 1.54) is 11.6 Å². The van der Waals surface area contributed by atoms with E-state index in [0.717, 1.165) is 68.6 Å². The van der Waals surface area contributed by atoms with Crippen molar-refractivity contribution in [2.75, 3.05) is 26.2 Å². The van der Waals surface area contributed by atoms with Crippen LogP contribution in [0.2, 0.25) is 5.02 Å². The molecule has 2 saturated heterocycles. The summed E-state index contributed by atoms with van der Waals surface area (Å²) in [6.45, 7) is 4.68. The summed E-state index contributed by atoms with van der Waals surface area (Å²) >= 11 is 9.79. The summed E-state index contributed by atoms with van der Waals surface area (Å²) in [7, 11) is 0. The predicted octanol–water partition coefficient (Wildman–Crippen LogP) is 4.66. The number of piperidine rings is 2. The van der Waals surface area contributed by atoms with Crippen LogP contribution in [-0.2, 0) is 17.8 Å². The molecule has 5 rings (SSSR count). The third-order valence-electron chi connectivity index (χ3n) is 7.02. The summed E-state index contributed by atoms with van der Waals surface area (Å²) in [4.78, 5) is 27.5. The number of hydrogen-bond donors (Lipinski definition) is 2. The summed E-state index contributed by atoms with van der Waals surface area (Å²) in [6, 6.07) is 12.9. The van der Waals surface area contributed by atoms with Gasteiger partial charge in [-0.15, -0.1) is 0 Å². The van der Waals surface area contributed by atoms with Gasteiger partial charge in [-0.05, 0) is 84.5 Å². The Balaban J connectivity index is 1.09. The summed E-state index contributed by atoms with van der Waals surface area (Å²) in [6.07, 6.45) is 4.12. The Morgan fingerprint density at radius 2 is 1.92 bits per heavy atom. The number of amides is 1. The number of carbonyl (C=O) groups excluding carboxylic acids is 1. The first-order chi connectivity index (χ1) is 17.9. The highest BCUT2D eigenvalue weighted by molar-refractivity contribution is 9.10. The van der Waals surface area contributed by atoms with E-state index < -0.39 is 0 Å². The summed E-state index contributed by atoms with van der Waals surface area (Å²) in [5.41, 5.74) is 1.40. The number of likely N-dealkylation sites (tertiary alicyclic amines) is 1. The van der Waals surface area contributed by atoms with Crippen LogP contribution in [0.5, 0.6) is 5.75 Å². The molecule has 196 valence electrons. The van der Waals surface area contributed by atoms with Crippen LogP contribution in [-0.4, -0.2) is 49.1 Å². The third-order valence-corrected chi connectivity index (χ3v) is 7.96. The number of ether oxygens (including phenoxy) is 1. The molecule has 0 radical (unpaired) electrons. The zero-order valence-corrected chi connectivity index (χ0v) is 22.9. The average molecular weight is 589 g/mol. The smallest absolute Gasteiger partial charge is 0.227 e. The molecule has 0 bridgehead atoms. The number of benzene rings is 2. The van der Waals surface area contributed by atoms with Gasteiger partial charge in [0.1, 0.15) is 23.2 Å². The van der Waals surface area contributed by atoms with Crippen molar-refractivity contribution in [1.29, 1.82) is 0 Å². The molecule has 2 aromatic carbocycles. The van der Waals surface area contributed by atoms with Gasteiger partial charge < -0.3 is 19.8 Å². The topological polar surface area (TPSA) is 83.8 Å². The average Bonchev–Trinajstić information content (AvgIpc) is 2.87. The summed E-state index contributed by atoms with van der Waals surface area (Å²) < 4.78 is 12.9. The van der Waals surface area contributed by atoms with Crippen LogP contribution in [0.15, 0.2) is 56.1 Å². The van der Waals surface area contributed by atoms with E-state index in [-0.39, 0.29) is 29.9 Å². The van der Waals surface area contributed by atoms with Crippen LogP contribution in [0.3, 0.4) is 0 Å². The number of halogens is 2. The summed E-state index contributed by atoms with van der Waals surface area (Å²) in [5, 5.41) is 7.16. The van der Waals surface area contributed by atoms with Gasteiger partial charge in [-0.25, -0.2) is 0 Å². The first-order valence-electron chi connectivity index (χ1n) is 12.8. The Labute approximate surface area is 229 Å². The van der Waals surface area contributed by atoms with Crippen LogP contribution in [0.4, 0.5) is 0 Å². The zero-order valence-electron chi connectivity index (χ0n) is 20.6. The number of fused-ring (bicyclic) bond motifs is 1. The minimum absolute atomic E-state index is 0.0255. The molecular formula is C28H31BrClN3O4. The van der Waals surface area contributed by atoms with Gasteiger partial charge in [0.2, 0.25) is 5.91 Å². The highest BCUT2D eigenvalue weighted by Gasteiger charge is 2.22. The molecule has 0 spiro atoms. The van der Waals surface area contributed by atoms with Crippen molar-refractivity contribution < 1.29 is 13.9 Å². The Bertz CT molecular complexity index is 1320. The molecule has 0 saturated carbocycles. The normalized spacial score (nSPS) is 17.7. The molecule has 2 aliphatic heterocycles. The molecule has 3 aromatic rings. The van der Waals surface area contributed by atoms with Gasteiger partial charge >= 0.3 is 0 Å². The fourth-order valence-electron chi connectivity index (χ4n) is 5.07. The quantitative estimate of drug-likeness (QED) is 0.418. The van der Waals surface area contributed by atoms with Crippen molar-refractivity contribution >= 4 is 44.4 Å². The molecule has 2 fully saturated rings. The van der Waals surface area contributed by atoms with Crippen LogP contribution >= 0.6 is 27.5 Å². The monoisotopic (exact) mass is 587 g/mol. The molecule has 1 amide bonds. The van der Waals surface area contributed by atoms with Crippen molar-refractivity contribution in [2.45, 2.75) is 50.8 Å².